The summed E-state index contributed by atoms with van der Waals surface area (Å²) < 4.78 is 26.7. The van der Waals surface area contributed by atoms with Crippen LogP contribution in [0.5, 0.6) is 0 Å². The molecule has 3 rings (SSSR count). The van der Waals surface area contributed by atoms with Crippen LogP contribution in [0, 0.1) is 11.6 Å². The molecular formula is C16H10F2O. The number of carbonyl (C=O) groups excluding carboxylic acids is 1. The van der Waals surface area contributed by atoms with Crippen LogP contribution in [0.2, 0.25) is 0 Å². The molecule has 0 heterocycles. The molecule has 3 heteroatoms. The molecule has 0 saturated carbocycles. The van der Waals surface area contributed by atoms with Crippen molar-refractivity contribution in [3.8, 4) is 0 Å². The van der Waals surface area contributed by atoms with Gasteiger partial charge in [0.1, 0.15) is 0 Å². The first-order valence-electron chi connectivity index (χ1n) is 5.94. The summed E-state index contributed by atoms with van der Waals surface area (Å²) in [6, 6.07) is 11.2. The molecule has 0 bridgehead atoms. The number of fused-ring (bicyclic) bond motifs is 1. The van der Waals surface area contributed by atoms with Crippen LogP contribution in [-0.4, -0.2) is 5.78 Å². The highest BCUT2D eigenvalue weighted by atomic mass is 19.2. The number of ketones is 1. The van der Waals surface area contributed by atoms with Crippen LogP contribution in [0.1, 0.15) is 21.5 Å². The minimum absolute atomic E-state index is 0.108. The molecule has 0 aromatic heterocycles. The summed E-state index contributed by atoms with van der Waals surface area (Å²) in [5.74, 6) is -1.93. The van der Waals surface area contributed by atoms with Crippen molar-refractivity contribution < 1.29 is 13.6 Å². The van der Waals surface area contributed by atoms with E-state index in [1.54, 1.807) is 12.1 Å². The van der Waals surface area contributed by atoms with E-state index in [9.17, 15) is 13.6 Å². The molecule has 94 valence electrons. The van der Waals surface area contributed by atoms with Gasteiger partial charge in [0.2, 0.25) is 0 Å². The molecule has 0 unspecified atom stereocenters. The fourth-order valence-corrected chi connectivity index (χ4v) is 2.29. The maximum atomic E-state index is 13.6. The Morgan fingerprint density at radius 1 is 1.00 bits per heavy atom. The number of hydrogen-bond acceptors (Lipinski definition) is 1. The topological polar surface area (TPSA) is 17.1 Å². The van der Waals surface area contributed by atoms with Crippen LogP contribution >= 0.6 is 0 Å². The number of rotatable bonds is 1. The Balaban J connectivity index is 2.04. The van der Waals surface area contributed by atoms with Gasteiger partial charge in [-0.3, -0.25) is 4.79 Å². The number of hydrogen-bond donors (Lipinski definition) is 0. The predicted molar refractivity (Wildman–Crippen MR) is 68.8 cm³/mol. The first-order chi connectivity index (χ1) is 9.16. The highest BCUT2D eigenvalue weighted by molar-refractivity contribution is 6.15. The van der Waals surface area contributed by atoms with Gasteiger partial charge in [-0.25, -0.2) is 8.78 Å². The predicted octanol–water partition coefficient (Wildman–Crippen LogP) is 3.79. The first kappa shape index (κ1) is 11.8. The normalized spacial score (nSPS) is 15.9. The number of carbonyl (C=O) groups is 1. The van der Waals surface area contributed by atoms with Crippen LogP contribution in [0.4, 0.5) is 8.78 Å². The Labute approximate surface area is 109 Å². The largest absolute Gasteiger partial charge is 0.289 e. The molecule has 0 radical (unpaired) electrons. The van der Waals surface area contributed by atoms with Gasteiger partial charge >= 0.3 is 0 Å². The molecular weight excluding hydrogens is 246 g/mol. The fraction of sp³-hybridized carbons (Fsp3) is 0.0625. The molecule has 1 nitrogen and oxygen atoms in total. The van der Waals surface area contributed by atoms with Gasteiger partial charge in [-0.1, -0.05) is 36.4 Å². The van der Waals surface area contributed by atoms with Gasteiger partial charge in [0.15, 0.2) is 17.4 Å². The van der Waals surface area contributed by atoms with Crippen molar-refractivity contribution >= 4 is 11.9 Å². The van der Waals surface area contributed by atoms with Crippen LogP contribution in [0.3, 0.4) is 0 Å². The average molecular weight is 256 g/mol. The van der Waals surface area contributed by atoms with Gasteiger partial charge < -0.3 is 0 Å². The summed E-state index contributed by atoms with van der Waals surface area (Å²) in [7, 11) is 0. The van der Waals surface area contributed by atoms with E-state index in [1.165, 1.54) is 18.2 Å². The monoisotopic (exact) mass is 256 g/mol. The lowest BCUT2D eigenvalue weighted by Crippen LogP contribution is -1.96. The summed E-state index contributed by atoms with van der Waals surface area (Å²) >= 11 is 0. The van der Waals surface area contributed by atoms with Crippen molar-refractivity contribution in [1.29, 1.82) is 0 Å². The van der Waals surface area contributed by atoms with Gasteiger partial charge in [-0.2, -0.15) is 0 Å². The minimum atomic E-state index is -0.918. The molecule has 0 N–H and O–H groups in total. The molecule has 1 aliphatic rings. The van der Waals surface area contributed by atoms with E-state index in [1.807, 2.05) is 12.1 Å². The quantitative estimate of drug-likeness (QED) is 0.709. The van der Waals surface area contributed by atoms with Gasteiger partial charge in [-0.05, 0) is 17.7 Å². The van der Waals surface area contributed by atoms with E-state index in [4.69, 9.17) is 0 Å². The van der Waals surface area contributed by atoms with Gasteiger partial charge in [-0.15, -0.1) is 0 Å². The summed E-state index contributed by atoms with van der Waals surface area (Å²) in [5, 5.41) is 0. The van der Waals surface area contributed by atoms with Crippen LogP contribution in [0.25, 0.3) is 6.08 Å². The third kappa shape index (κ3) is 1.97. The van der Waals surface area contributed by atoms with Gasteiger partial charge in [0, 0.05) is 23.1 Å². The second kappa shape index (κ2) is 4.43. The molecule has 1 aliphatic carbocycles. The summed E-state index contributed by atoms with van der Waals surface area (Å²) in [4.78, 5) is 12.1. The molecule has 0 amide bonds. The molecule has 19 heavy (non-hydrogen) atoms. The zero-order chi connectivity index (χ0) is 13.4. The lowest BCUT2D eigenvalue weighted by atomic mass is 10.1. The maximum Gasteiger partial charge on any atom is 0.189 e. The minimum Gasteiger partial charge on any atom is -0.289 e. The highest BCUT2D eigenvalue weighted by Crippen LogP contribution is 2.28. The molecule has 0 fully saturated rings. The maximum absolute atomic E-state index is 13.6. The molecule has 0 aliphatic heterocycles. The lowest BCUT2D eigenvalue weighted by Gasteiger charge is -1.99. The third-order valence-electron chi connectivity index (χ3n) is 3.25. The number of Topliss-reactive ketones (excluding diaryl/α,β-unsaturated/α-hetero) is 1. The lowest BCUT2D eigenvalue weighted by molar-refractivity contribution is 0.104. The van der Waals surface area contributed by atoms with Crippen molar-refractivity contribution in [3.05, 3.63) is 76.4 Å². The Morgan fingerprint density at radius 2 is 1.79 bits per heavy atom. The molecule has 0 saturated heterocycles. The van der Waals surface area contributed by atoms with Gasteiger partial charge in [0.05, 0.1) is 0 Å². The van der Waals surface area contributed by atoms with E-state index in [0.717, 1.165) is 11.6 Å². The summed E-state index contributed by atoms with van der Waals surface area (Å²) in [5.41, 5.74) is 2.17. The number of halogens is 2. The van der Waals surface area contributed by atoms with Crippen LogP contribution < -0.4 is 0 Å². The van der Waals surface area contributed by atoms with E-state index >= 15 is 0 Å². The smallest absolute Gasteiger partial charge is 0.189 e. The van der Waals surface area contributed by atoms with E-state index in [-0.39, 0.29) is 11.3 Å². The third-order valence-corrected chi connectivity index (χ3v) is 3.25. The standard InChI is InChI=1S/C16H10F2O/c17-14-7-3-5-11(15(14)18)9-12-8-10-4-1-2-6-13(10)16(12)19/h1-7,9H,8H2. The van der Waals surface area contributed by atoms with Crippen molar-refractivity contribution in [3.63, 3.8) is 0 Å². The number of benzene rings is 2. The zero-order valence-corrected chi connectivity index (χ0v) is 9.99. The summed E-state index contributed by atoms with van der Waals surface area (Å²) in [6.07, 6.45) is 1.89. The SMILES string of the molecule is O=C1C(=Cc2cccc(F)c2F)Cc2ccccc21. The Bertz CT molecular complexity index is 702. The van der Waals surface area contributed by atoms with Crippen molar-refractivity contribution in [2.24, 2.45) is 0 Å². The molecule has 0 spiro atoms. The summed E-state index contributed by atoms with van der Waals surface area (Å²) in [6.45, 7) is 0. The second-order valence-electron chi connectivity index (χ2n) is 4.48. The van der Waals surface area contributed by atoms with Gasteiger partial charge in [0.25, 0.3) is 0 Å². The van der Waals surface area contributed by atoms with E-state index < -0.39 is 11.6 Å². The molecule has 2 aromatic rings. The molecule has 2 aromatic carbocycles. The van der Waals surface area contributed by atoms with E-state index in [2.05, 4.69) is 0 Å². The van der Waals surface area contributed by atoms with E-state index in [0.29, 0.717) is 17.6 Å². The highest BCUT2D eigenvalue weighted by Gasteiger charge is 2.24. The van der Waals surface area contributed by atoms with Crippen LogP contribution in [-0.2, 0) is 6.42 Å². The van der Waals surface area contributed by atoms with Crippen molar-refractivity contribution in [1.82, 2.24) is 0 Å². The first-order valence-corrected chi connectivity index (χ1v) is 5.94. The fourth-order valence-electron chi connectivity index (χ4n) is 2.29. The average Bonchev–Trinajstić information content (AvgIpc) is 2.73. The Hall–Kier alpha value is -2.29. The van der Waals surface area contributed by atoms with Crippen molar-refractivity contribution in [2.45, 2.75) is 6.42 Å². The van der Waals surface area contributed by atoms with Crippen molar-refractivity contribution in [2.75, 3.05) is 0 Å². The number of allylic oxidation sites excluding steroid dienone is 1. The zero-order valence-electron chi connectivity index (χ0n) is 9.99. The van der Waals surface area contributed by atoms with Crippen LogP contribution in [0.15, 0.2) is 48.0 Å². The second-order valence-corrected chi connectivity index (χ2v) is 4.48. The Morgan fingerprint density at radius 3 is 2.58 bits per heavy atom. The molecule has 0 atom stereocenters. The Kier molecular flexibility index (Phi) is 2.75.